The maximum atomic E-state index is 11.7. The van der Waals surface area contributed by atoms with Crippen molar-refractivity contribution >= 4 is 6.09 Å². The molecule has 0 aliphatic heterocycles. The molecule has 0 heterocycles. The Hall–Kier alpha value is -0.770. The van der Waals surface area contributed by atoms with Crippen molar-refractivity contribution in [2.45, 2.75) is 83.9 Å². The number of hydrogen-bond donors (Lipinski definition) is 2. The third-order valence-electron chi connectivity index (χ3n) is 4.60. The van der Waals surface area contributed by atoms with Crippen LogP contribution in [0.15, 0.2) is 0 Å². The Morgan fingerprint density at radius 3 is 2.48 bits per heavy atom. The number of amides is 1. The van der Waals surface area contributed by atoms with Gasteiger partial charge in [-0.3, -0.25) is 0 Å². The highest BCUT2D eigenvalue weighted by Gasteiger charge is 2.32. The van der Waals surface area contributed by atoms with Crippen molar-refractivity contribution in [3.8, 4) is 0 Å². The number of alkyl carbamates (subject to hydrolysis) is 1. The predicted octanol–water partition coefficient (Wildman–Crippen LogP) is 3.46. The second-order valence-corrected chi connectivity index (χ2v) is 8.06. The summed E-state index contributed by atoms with van der Waals surface area (Å²) in [5.74, 6) is 1.75. The summed E-state index contributed by atoms with van der Waals surface area (Å²) in [6, 6.07) is 0.852. The Kier molecular flexibility index (Phi) is 5.53. The molecule has 2 aliphatic carbocycles. The number of carbonyl (C=O) groups excluding carboxylic acids is 1. The summed E-state index contributed by atoms with van der Waals surface area (Å²) in [5, 5.41) is 6.62. The van der Waals surface area contributed by atoms with Crippen LogP contribution in [0.2, 0.25) is 0 Å². The highest BCUT2D eigenvalue weighted by molar-refractivity contribution is 5.68. The zero-order chi connectivity index (χ0) is 15.5. The topological polar surface area (TPSA) is 50.4 Å². The summed E-state index contributed by atoms with van der Waals surface area (Å²) >= 11 is 0. The van der Waals surface area contributed by atoms with E-state index in [0.29, 0.717) is 6.04 Å². The number of ether oxygens (including phenoxy) is 1. The second kappa shape index (κ2) is 6.99. The first-order valence-electron chi connectivity index (χ1n) is 8.54. The first-order chi connectivity index (χ1) is 9.82. The van der Waals surface area contributed by atoms with Crippen LogP contribution in [0.3, 0.4) is 0 Å². The van der Waals surface area contributed by atoms with Gasteiger partial charge in [0, 0.05) is 12.1 Å². The van der Waals surface area contributed by atoms with Crippen LogP contribution in [0.1, 0.15) is 66.2 Å². The van der Waals surface area contributed by atoms with Gasteiger partial charge in [-0.15, -0.1) is 0 Å². The van der Waals surface area contributed by atoms with Crippen molar-refractivity contribution in [2.75, 3.05) is 6.54 Å². The van der Waals surface area contributed by atoms with E-state index in [9.17, 15) is 4.79 Å². The largest absolute Gasteiger partial charge is 0.444 e. The van der Waals surface area contributed by atoms with E-state index in [-0.39, 0.29) is 12.1 Å². The zero-order valence-corrected chi connectivity index (χ0v) is 14.1. The molecule has 2 fully saturated rings. The van der Waals surface area contributed by atoms with E-state index >= 15 is 0 Å². The lowest BCUT2D eigenvalue weighted by Crippen LogP contribution is -2.53. The van der Waals surface area contributed by atoms with Gasteiger partial charge in [-0.1, -0.05) is 19.8 Å². The first kappa shape index (κ1) is 16.6. The molecule has 2 atom stereocenters. The Bertz CT molecular complexity index is 345. The SMILES string of the molecule is CC1CCCC(CNC2CC(NC(=O)OC(C)(C)C)C2)C1. The van der Waals surface area contributed by atoms with Gasteiger partial charge in [-0.25, -0.2) is 4.79 Å². The fraction of sp³-hybridized carbons (Fsp3) is 0.941. The summed E-state index contributed by atoms with van der Waals surface area (Å²) in [7, 11) is 0. The fourth-order valence-electron chi connectivity index (χ4n) is 3.46. The first-order valence-corrected chi connectivity index (χ1v) is 8.54. The third kappa shape index (κ3) is 5.85. The lowest BCUT2D eigenvalue weighted by molar-refractivity contribution is 0.0464. The van der Waals surface area contributed by atoms with Crippen LogP contribution in [-0.4, -0.2) is 30.3 Å². The summed E-state index contributed by atoms with van der Waals surface area (Å²) in [5.41, 5.74) is -0.414. The molecule has 0 radical (unpaired) electrons. The van der Waals surface area contributed by atoms with Crippen molar-refractivity contribution in [1.82, 2.24) is 10.6 Å². The number of rotatable bonds is 4. The number of nitrogens with one attached hydrogen (secondary N) is 2. The minimum Gasteiger partial charge on any atom is -0.444 e. The van der Waals surface area contributed by atoms with Gasteiger partial charge in [0.15, 0.2) is 0 Å². The molecule has 0 saturated heterocycles. The molecule has 0 aromatic rings. The molecular formula is C17H32N2O2. The Labute approximate surface area is 129 Å². The summed E-state index contributed by atoms with van der Waals surface area (Å²) in [6.45, 7) is 9.19. The van der Waals surface area contributed by atoms with E-state index in [4.69, 9.17) is 4.74 Å². The van der Waals surface area contributed by atoms with E-state index in [1.54, 1.807) is 0 Å². The van der Waals surface area contributed by atoms with Gasteiger partial charge in [0.2, 0.25) is 0 Å². The molecule has 21 heavy (non-hydrogen) atoms. The van der Waals surface area contributed by atoms with E-state index < -0.39 is 5.60 Å². The maximum absolute atomic E-state index is 11.7. The molecule has 1 amide bonds. The van der Waals surface area contributed by atoms with E-state index in [0.717, 1.165) is 31.2 Å². The zero-order valence-electron chi connectivity index (χ0n) is 14.1. The van der Waals surface area contributed by atoms with Crippen molar-refractivity contribution in [2.24, 2.45) is 11.8 Å². The van der Waals surface area contributed by atoms with Gasteiger partial charge in [-0.2, -0.15) is 0 Å². The van der Waals surface area contributed by atoms with Gasteiger partial charge in [0.05, 0.1) is 0 Å². The Morgan fingerprint density at radius 2 is 1.86 bits per heavy atom. The van der Waals surface area contributed by atoms with Gasteiger partial charge in [-0.05, 0) is 64.8 Å². The predicted molar refractivity (Wildman–Crippen MR) is 85.3 cm³/mol. The van der Waals surface area contributed by atoms with E-state index in [1.807, 2.05) is 20.8 Å². The fourth-order valence-corrected chi connectivity index (χ4v) is 3.46. The van der Waals surface area contributed by atoms with Crippen LogP contribution in [-0.2, 0) is 4.74 Å². The average Bonchev–Trinajstić information content (AvgIpc) is 2.29. The molecule has 2 aliphatic rings. The molecular weight excluding hydrogens is 264 g/mol. The summed E-state index contributed by atoms with van der Waals surface area (Å²) < 4.78 is 5.28. The molecule has 122 valence electrons. The lowest BCUT2D eigenvalue weighted by Gasteiger charge is -2.38. The minimum atomic E-state index is -0.414. The van der Waals surface area contributed by atoms with E-state index in [2.05, 4.69) is 17.6 Å². The molecule has 2 unspecified atom stereocenters. The normalized spacial score (nSPS) is 33.1. The van der Waals surface area contributed by atoms with Crippen molar-refractivity contribution in [3.63, 3.8) is 0 Å². The van der Waals surface area contributed by atoms with Gasteiger partial charge in [0.1, 0.15) is 5.60 Å². The van der Waals surface area contributed by atoms with Crippen molar-refractivity contribution < 1.29 is 9.53 Å². The Balaban J connectivity index is 1.56. The van der Waals surface area contributed by atoms with Crippen LogP contribution in [0.4, 0.5) is 4.79 Å². The highest BCUT2D eigenvalue weighted by Crippen LogP contribution is 2.29. The maximum Gasteiger partial charge on any atom is 0.407 e. The van der Waals surface area contributed by atoms with Crippen LogP contribution < -0.4 is 10.6 Å². The Morgan fingerprint density at radius 1 is 1.14 bits per heavy atom. The molecule has 0 spiro atoms. The number of carbonyl (C=O) groups is 1. The average molecular weight is 296 g/mol. The van der Waals surface area contributed by atoms with E-state index in [1.165, 1.54) is 25.7 Å². The molecule has 0 bridgehead atoms. The molecule has 4 nitrogen and oxygen atoms in total. The quantitative estimate of drug-likeness (QED) is 0.835. The summed E-state index contributed by atoms with van der Waals surface area (Å²) in [4.78, 5) is 11.7. The van der Waals surface area contributed by atoms with Gasteiger partial charge < -0.3 is 15.4 Å². The lowest BCUT2D eigenvalue weighted by atomic mass is 9.81. The number of hydrogen-bond acceptors (Lipinski definition) is 3. The molecule has 2 rings (SSSR count). The third-order valence-corrected chi connectivity index (χ3v) is 4.60. The van der Waals surface area contributed by atoms with Crippen LogP contribution >= 0.6 is 0 Å². The molecule has 0 aromatic heterocycles. The second-order valence-electron chi connectivity index (χ2n) is 8.06. The van der Waals surface area contributed by atoms with Crippen LogP contribution in [0, 0.1) is 11.8 Å². The molecule has 2 saturated carbocycles. The van der Waals surface area contributed by atoms with Gasteiger partial charge >= 0.3 is 6.09 Å². The molecule has 2 N–H and O–H groups in total. The standard InChI is InChI=1S/C17H32N2O2/c1-12-6-5-7-13(8-12)11-18-14-9-15(10-14)19-16(20)21-17(2,3)4/h12-15,18H,5-11H2,1-4H3,(H,19,20). The summed E-state index contributed by atoms with van der Waals surface area (Å²) in [6.07, 6.45) is 7.32. The highest BCUT2D eigenvalue weighted by atomic mass is 16.6. The van der Waals surface area contributed by atoms with Gasteiger partial charge in [0.25, 0.3) is 0 Å². The minimum absolute atomic E-state index is 0.280. The van der Waals surface area contributed by atoms with Crippen LogP contribution in [0.5, 0.6) is 0 Å². The smallest absolute Gasteiger partial charge is 0.407 e. The molecule has 0 aromatic carbocycles. The van der Waals surface area contributed by atoms with Crippen molar-refractivity contribution in [1.29, 1.82) is 0 Å². The van der Waals surface area contributed by atoms with Crippen LogP contribution in [0.25, 0.3) is 0 Å². The molecule has 4 heteroatoms. The van der Waals surface area contributed by atoms with Crippen molar-refractivity contribution in [3.05, 3.63) is 0 Å². The monoisotopic (exact) mass is 296 g/mol.